The van der Waals surface area contributed by atoms with Crippen LogP contribution in [0.25, 0.3) is 11.0 Å². The van der Waals surface area contributed by atoms with Gasteiger partial charge in [0.05, 0.1) is 29.9 Å². The largest absolute Gasteiger partial charge is 0.468 e. The molecule has 2 N–H and O–H groups in total. The molecule has 0 saturated carbocycles. The minimum absolute atomic E-state index is 0.192. The molecule has 1 aromatic carbocycles. The molecule has 1 unspecified atom stereocenters. The predicted octanol–water partition coefficient (Wildman–Crippen LogP) is 3.33. The Morgan fingerprint density at radius 3 is 2.77 bits per heavy atom. The van der Waals surface area contributed by atoms with Crippen molar-refractivity contribution in [2.75, 3.05) is 32.7 Å². The first-order chi connectivity index (χ1) is 14.8. The van der Waals surface area contributed by atoms with Crippen LogP contribution in [0.4, 0.5) is 0 Å². The fourth-order valence-electron chi connectivity index (χ4n) is 4.20. The number of para-hydroxylation sites is 2. The van der Waals surface area contributed by atoms with E-state index in [1.807, 2.05) is 12.1 Å². The molecule has 30 heavy (non-hydrogen) atoms. The molecule has 1 aliphatic rings. The van der Waals surface area contributed by atoms with Crippen LogP contribution < -0.4 is 10.6 Å². The maximum absolute atomic E-state index is 5.72. The molecule has 0 aliphatic carbocycles. The first-order valence-electron chi connectivity index (χ1n) is 11.0. The second kappa shape index (κ2) is 9.80. The molecule has 7 heteroatoms. The topological polar surface area (TPSA) is 70.6 Å². The summed E-state index contributed by atoms with van der Waals surface area (Å²) < 4.78 is 7.97. The maximum Gasteiger partial charge on any atom is 0.191 e. The number of nitrogens with one attached hydrogen (secondary N) is 2. The highest BCUT2D eigenvalue weighted by Crippen LogP contribution is 2.25. The normalized spacial score (nSPS) is 16.3. The molecule has 7 nitrogen and oxygen atoms in total. The van der Waals surface area contributed by atoms with E-state index in [9.17, 15) is 0 Å². The van der Waals surface area contributed by atoms with Crippen molar-refractivity contribution in [1.82, 2.24) is 25.1 Å². The van der Waals surface area contributed by atoms with Crippen molar-refractivity contribution < 1.29 is 4.42 Å². The van der Waals surface area contributed by atoms with Crippen molar-refractivity contribution in [2.24, 2.45) is 4.99 Å². The van der Waals surface area contributed by atoms with E-state index in [1.54, 1.807) is 6.26 Å². The number of aliphatic imine (C=N–C) groups is 1. The molecule has 3 aromatic rings. The molecule has 1 fully saturated rings. The third-order valence-corrected chi connectivity index (χ3v) is 5.69. The molecule has 3 heterocycles. The highest BCUT2D eigenvalue weighted by molar-refractivity contribution is 5.80. The van der Waals surface area contributed by atoms with Crippen molar-refractivity contribution >= 4 is 17.0 Å². The lowest BCUT2D eigenvalue weighted by molar-refractivity contribution is 0.221. The Morgan fingerprint density at radius 1 is 1.17 bits per heavy atom. The number of imidazole rings is 1. The first kappa shape index (κ1) is 20.5. The van der Waals surface area contributed by atoms with E-state index in [1.165, 1.54) is 18.4 Å². The van der Waals surface area contributed by atoms with Gasteiger partial charge in [0.25, 0.3) is 0 Å². The van der Waals surface area contributed by atoms with Crippen LogP contribution in [0.5, 0.6) is 0 Å². The lowest BCUT2D eigenvalue weighted by Gasteiger charge is -2.24. The number of benzene rings is 1. The summed E-state index contributed by atoms with van der Waals surface area (Å²) in [4.78, 5) is 12.0. The highest BCUT2D eigenvalue weighted by atomic mass is 16.3. The number of likely N-dealkylation sites (tertiary alicyclic amines) is 1. The van der Waals surface area contributed by atoms with E-state index in [0.29, 0.717) is 6.54 Å². The van der Waals surface area contributed by atoms with Gasteiger partial charge in [-0.3, -0.25) is 9.89 Å². The van der Waals surface area contributed by atoms with E-state index in [4.69, 9.17) is 9.41 Å². The van der Waals surface area contributed by atoms with Gasteiger partial charge in [-0.25, -0.2) is 4.98 Å². The molecule has 0 radical (unpaired) electrons. The molecule has 0 amide bonds. The Bertz CT molecular complexity index is 955. The van der Waals surface area contributed by atoms with Gasteiger partial charge in [0.15, 0.2) is 5.96 Å². The number of nitrogens with zero attached hydrogens (tertiary/aromatic N) is 4. The van der Waals surface area contributed by atoms with Gasteiger partial charge in [-0.1, -0.05) is 12.1 Å². The minimum Gasteiger partial charge on any atom is -0.468 e. The summed E-state index contributed by atoms with van der Waals surface area (Å²) in [5.74, 6) is 2.87. The smallest absolute Gasteiger partial charge is 0.191 e. The Hall–Kier alpha value is -2.80. The van der Waals surface area contributed by atoms with Crippen LogP contribution in [0.2, 0.25) is 0 Å². The Morgan fingerprint density at radius 2 is 2.00 bits per heavy atom. The summed E-state index contributed by atoms with van der Waals surface area (Å²) in [6.07, 6.45) is 4.25. The standard InChI is InChI=1S/C23H32N6O/c1-3-24-23(25-12-15-29-18(2)27-19-9-4-5-10-20(19)29)26-17-21(22-11-8-16-30-22)28-13-6-7-14-28/h4-5,8-11,16,21H,3,6-7,12-15,17H2,1-2H3,(H2,24,25,26). The lowest BCUT2D eigenvalue weighted by atomic mass is 10.2. The predicted molar refractivity (Wildman–Crippen MR) is 121 cm³/mol. The molecule has 1 atom stereocenters. The number of furan rings is 1. The van der Waals surface area contributed by atoms with Crippen molar-refractivity contribution in [3.63, 3.8) is 0 Å². The third-order valence-electron chi connectivity index (χ3n) is 5.69. The van der Waals surface area contributed by atoms with Crippen molar-refractivity contribution in [2.45, 2.75) is 39.3 Å². The zero-order chi connectivity index (χ0) is 20.8. The molecule has 1 saturated heterocycles. The average Bonchev–Trinajstić information content (AvgIpc) is 3.51. The molecule has 0 spiro atoms. The van der Waals surface area contributed by atoms with Gasteiger partial charge in [0, 0.05) is 19.6 Å². The molecule has 1 aliphatic heterocycles. The van der Waals surface area contributed by atoms with Gasteiger partial charge in [-0.05, 0) is 64.0 Å². The monoisotopic (exact) mass is 408 g/mol. The van der Waals surface area contributed by atoms with Gasteiger partial charge in [-0.2, -0.15) is 0 Å². The van der Waals surface area contributed by atoms with Crippen molar-refractivity contribution in [3.8, 4) is 0 Å². The Kier molecular flexibility index (Phi) is 6.69. The first-order valence-corrected chi connectivity index (χ1v) is 11.0. The van der Waals surface area contributed by atoms with Gasteiger partial charge in [0.1, 0.15) is 11.6 Å². The van der Waals surface area contributed by atoms with Crippen LogP contribution in [0, 0.1) is 6.92 Å². The van der Waals surface area contributed by atoms with Gasteiger partial charge < -0.3 is 19.6 Å². The number of hydrogen-bond acceptors (Lipinski definition) is 4. The van der Waals surface area contributed by atoms with Crippen molar-refractivity contribution in [1.29, 1.82) is 0 Å². The minimum atomic E-state index is 0.192. The van der Waals surface area contributed by atoms with E-state index >= 15 is 0 Å². The third kappa shape index (κ3) is 4.67. The summed E-state index contributed by atoms with van der Waals surface area (Å²) in [5, 5.41) is 6.85. The van der Waals surface area contributed by atoms with Gasteiger partial charge in [-0.15, -0.1) is 0 Å². The summed E-state index contributed by atoms with van der Waals surface area (Å²) in [5.41, 5.74) is 2.22. The fourth-order valence-corrected chi connectivity index (χ4v) is 4.20. The van der Waals surface area contributed by atoms with Crippen LogP contribution in [0.1, 0.15) is 37.4 Å². The van der Waals surface area contributed by atoms with E-state index in [-0.39, 0.29) is 6.04 Å². The van der Waals surface area contributed by atoms with Crippen LogP contribution >= 0.6 is 0 Å². The molecule has 4 rings (SSSR count). The van der Waals surface area contributed by atoms with E-state index in [0.717, 1.165) is 55.8 Å². The SMILES string of the molecule is CCNC(=NCC(c1ccco1)N1CCCC1)NCCn1c(C)nc2ccccc21. The van der Waals surface area contributed by atoms with E-state index < -0.39 is 0 Å². The fraction of sp³-hybridized carbons (Fsp3) is 0.478. The summed E-state index contributed by atoms with van der Waals surface area (Å²) in [6.45, 7) is 9.49. The van der Waals surface area contributed by atoms with Gasteiger partial charge >= 0.3 is 0 Å². The number of hydrogen-bond donors (Lipinski definition) is 2. The number of aryl methyl sites for hydroxylation is 1. The van der Waals surface area contributed by atoms with Crippen LogP contribution in [-0.4, -0.2) is 53.1 Å². The molecule has 2 aromatic heterocycles. The maximum atomic E-state index is 5.72. The van der Waals surface area contributed by atoms with E-state index in [2.05, 4.69) is 63.2 Å². The quantitative estimate of drug-likeness (QED) is 0.442. The summed E-state index contributed by atoms with van der Waals surface area (Å²) >= 11 is 0. The van der Waals surface area contributed by atoms with Crippen LogP contribution in [0.3, 0.4) is 0 Å². The molecular weight excluding hydrogens is 376 g/mol. The second-order valence-electron chi connectivity index (χ2n) is 7.72. The summed E-state index contributed by atoms with van der Waals surface area (Å²) in [7, 11) is 0. The number of aromatic nitrogens is 2. The van der Waals surface area contributed by atoms with Gasteiger partial charge in [0.2, 0.25) is 0 Å². The van der Waals surface area contributed by atoms with Crippen LogP contribution in [0.15, 0.2) is 52.1 Å². The number of fused-ring (bicyclic) bond motifs is 1. The Labute approximate surface area is 178 Å². The summed E-state index contributed by atoms with van der Waals surface area (Å²) in [6, 6.07) is 12.5. The highest BCUT2D eigenvalue weighted by Gasteiger charge is 2.25. The van der Waals surface area contributed by atoms with Crippen molar-refractivity contribution in [3.05, 3.63) is 54.2 Å². The molecule has 0 bridgehead atoms. The Balaban J connectivity index is 1.41. The zero-order valence-corrected chi connectivity index (χ0v) is 18.0. The lowest BCUT2D eigenvalue weighted by Crippen LogP contribution is -2.39. The second-order valence-corrected chi connectivity index (χ2v) is 7.72. The number of guanidine groups is 1. The number of rotatable bonds is 8. The molecular formula is C23H32N6O. The average molecular weight is 409 g/mol. The zero-order valence-electron chi connectivity index (χ0n) is 18.0. The van der Waals surface area contributed by atoms with Crippen LogP contribution in [-0.2, 0) is 6.54 Å². The molecule has 160 valence electrons.